The molecule has 0 amide bonds. The van der Waals surface area contributed by atoms with Crippen molar-refractivity contribution in [2.75, 3.05) is 13.1 Å². The van der Waals surface area contributed by atoms with Crippen molar-refractivity contribution >= 4 is 0 Å². The number of nitrogens with two attached hydrogens (primary N) is 1. The highest BCUT2D eigenvalue weighted by Gasteiger charge is 2.24. The molecule has 0 aliphatic carbocycles. The lowest BCUT2D eigenvalue weighted by Crippen LogP contribution is -2.45. The number of benzene rings is 1. The molecule has 0 fully saturated rings. The molecule has 1 rings (SSSR count). The highest BCUT2D eigenvalue weighted by Crippen LogP contribution is 2.26. The first kappa shape index (κ1) is 16.2. The standard InChI is InChI=1S/C17H30N2/c1-12(2)16(10-18)19-11-17(5,6)15-8-7-13(3)9-14(15)4/h7-9,12,16,19H,10-11,18H2,1-6H3. The Kier molecular flexibility index (Phi) is 5.57. The Morgan fingerprint density at radius 1 is 1.21 bits per heavy atom. The van der Waals surface area contributed by atoms with Gasteiger partial charge in [-0.05, 0) is 30.9 Å². The smallest absolute Gasteiger partial charge is 0.0213 e. The van der Waals surface area contributed by atoms with Gasteiger partial charge in [-0.25, -0.2) is 0 Å². The van der Waals surface area contributed by atoms with Crippen LogP contribution in [0.2, 0.25) is 0 Å². The van der Waals surface area contributed by atoms with E-state index >= 15 is 0 Å². The van der Waals surface area contributed by atoms with Crippen molar-refractivity contribution in [2.45, 2.75) is 53.0 Å². The number of rotatable bonds is 6. The molecular weight excluding hydrogens is 232 g/mol. The molecule has 0 saturated heterocycles. The van der Waals surface area contributed by atoms with E-state index in [2.05, 4.69) is 65.1 Å². The zero-order chi connectivity index (χ0) is 14.6. The van der Waals surface area contributed by atoms with Gasteiger partial charge in [0.05, 0.1) is 0 Å². The molecule has 0 aliphatic rings. The van der Waals surface area contributed by atoms with Crippen LogP contribution in [0.5, 0.6) is 0 Å². The molecule has 0 bridgehead atoms. The first-order chi connectivity index (χ1) is 8.77. The third-order valence-electron chi connectivity index (χ3n) is 3.98. The van der Waals surface area contributed by atoms with Crippen LogP contribution in [0.1, 0.15) is 44.4 Å². The molecule has 1 aromatic carbocycles. The minimum atomic E-state index is 0.125. The van der Waals surface area contributed by atoms with Crippen LogP contribution in [0.3, 0.4) is 0 Å². The molecule has 0 aromatic heterocycles. The number of aryl methyl sites for hydroxylation is 2. The highest BCUT2D eigenvalue weighted by molar-refractivity contribution is 5.35. The van der Waals surface area contributed by atoms with E-state index in [0.29, 0.717) is 18.5 Å². The van der Waals surface area contributed by atoms with Gasteiger partial charge in [0.15, 0.2) is 0 Å². The van der Waals surface area contributed by atoms with E-state index in [4.69, 9.17) is 5.73 Å². The Morgan fingerprint density at radius 3 is 2.32 bits per heavy atom. The normalized spacial score (nSPS) is 13.9. The topological polar surface area (TPSA) is 38.0 Å². The Morgan fingerprint density at radius 2 is 1.84 bits per heavy atom. The first-order valence-corrected chi connectivity index (χ1v) is 7.29. The number of hydrogen-bond acceptors (Lipinski definition) is 2. The average Bonchev–Trinajstić information content (AvgIpc) is 2.28. The average molecular weight is 262 g/mol. The zero-order valence-electron chi connectivity index (χ0n) is 13.4. The molecule has 3 N–H and O–H groups in total. The lowest BCUT2D eigenvalue weighted by molar-refractivity contribution is 0.360. The van der Waals surface area contributed by atoms with Gasteiger partial charge in [0.25, 0.3) is 0 Å². The van der Waals surface area contributed by atoms with Crippen molar-refractivity contribution < 1.29 is 0 Å². The van der Waals surface area contributed by atoms with Crippen LogP contribution < -0.4 is 11.1 Å². The lowest BCUT2D eigenvalue weighted by atomic mass is 9.81. The maximum absolute atomic E-state index is 5.83. The van der Waals surface area contributed by atoms with E-state index in [1.165, 1.54) is 16.7 Å². The van der Waals surface area contributed by atoms with E-state index in [-0.39, 0.29) is 5.41 Å². The number of hydrogen-bond donors (Lipinski definition) is 2. The molecule has 2 nitrogen and oxygen atoms in total. The Hall–Kier alpha value is -0.860. The van der Waals surface area contributed by atoms with E-state index in [1.807, 2.05) is 0 Å². The van der Waals surface area contributed by atoms with Crippen LogP contribution in [-0.4, -0.2) is 19.1 Å². The molecule has 0 radical (unpaired) electrons. The molecule has 0 spiro atoms. The second-order valence-corrected chi connectivity index (χ2v) is 6.67. The van der Waals surface area contributed by atoms with Gasteiger partial charge in [-0.2, -0.15) is 0 Å². The Labute approximate surface area is 118 Å². The summed E-state index contributed by atoms with van der Waals surface area (Å²) in [5, 5.41) is 3.62. The maximum Gasteiger partial charge on any atom is 0.0213 e. The molecular formula is C17H30N2. The second kappa shape index (κ2) is 6.53. The summed E-state index contributed by atoms with van der Waals surface area (Å²) >= 11 is 0. The molecule has 1 aromatic rings. The van der Waals surface area contributed by atoms with Crippen LogP contribution in [0, 0.1) is 19.8 Å². The van der Waals surface area contributed by atoms with E-state index in [0.717, 1.165) is 6.54 Å². The van der Waals surface area contributed by atoms with Gasteiger partial charge in [0.2, 0.25) is 0 Å². The quantitative estimate of drug-likeness (QED) is 0.826. The van der Waals surface area contributed by atoms with Crippen LogP contribution in [-0.2, 0) is 5.41 Å². The highest BCUT2D eigenvalue weighted by atomic mass is 14.9. The van der Waals surface area contributed by atoms with Gasteiger partial charge in [-0.3, -0.25) is 0 Å². The second-order valence-electron chi connectivity index (χ2n) is 6.67. The molecule has 108 valence electrons. The van der Waals surface area contributed by atoms with Gasteiger partial charge < -0.3 is 11.1 Å². The molecule has 2 heteroatoms. The fourth-order valence-electron chi connectivity index (χ4n) is 2.65. The molecule has 1 unspecified atom stereocenters. The van der Waals surface area contributed by atoms with Gasteiger partial charge in [0.1, 0.15) is 0 Å². The fraction of sp³-hybridized carbons (Fsp3) is 0.647. The predicted molar refractivity (Wildman–Crippen MR) is 84.6 cm³/mol. The molecule has 0 aliphatic heterocycles. The summed E-state index contributed by atoms with van der Waals surface area (Å²) in [6.07, 6.45) is 0. The van der Waals surface area contributed by atoms with Gasteiger partial charge in [0, 0.05) is 24.5 Å². The monoisotopic (exact) mass is 262 g/mol. The van der Waals surface area contributed by atoms with Gasteiger partial charge in [-0.15, -0.1) is 0 Å². The Balaban J connectivity index is 2.80. The van der Waals surface area contributed by atoms with Crippen LogP contribution in [0.15, 0.2) is 18.2 Å². The van der Waals surface area contributed by atoms with Crippen molar-refractivity contribution in [1.29, 1.82) is 0 Å². The minimum absolute atomic E-state index is 0.125. The third kappa shape index (κ3) is 4.32. The van der Waals surface area contributed by atoms with E-state index in [1.54, 1.807) is 0 Å². The van der Waals surface area contributed by atoms with Crippen molar-refractivity contribution in [3.8, 4) is 0 Å². The van der Waals surface area contributed by atoms with Gasteiger partial charge in [-0.1, -0.05) is 51.5 Å². The summed E-state index contributed by atoms with van der Waals surface area (Å²) in [7, 11) is 0. The predicted octanol–water partition coefficient (Wildman–Crippen LogP) is 3.15. The summed E-state index contributed by atoms with van der Waals surface area (Å²) < 4.78 is 0. The van der Waals surface area contributed by atoms with Crippen molar-refractivity contribution in [1.82, 2.24) is 5.32 Å². The first-order valence-electron chi connectivity index (χ1n) is 7.29. The largest absolute Gasteiger partial charge is 0.329 e. The Bertz CT molecular complexity index is 408. The SMILES string of the molecule is Cc1ccc(C(C)(C)CNC(CN)C(C)C)c(C)c1. The minimum Gasteiger partial charge on any atom is -0.329 e. The molecule has 0 heterocycles. The van der Waals surface area contributed by atoms with E-state index < -0.39 is 0 Å². The van der Waals surface area contributed by atoms with Crippen LogP contribution in [0.4, 0.5) is 0 Å². The summed E-state index contributed by atoms with van der Waals surface area (Å²) in [4.78, 5) is 0. The molecule has 19 heavy (non-hydrogen) atoms. The van der Waals surface area contributed by atoms with Crippen molar-refractivity contribution in [2.24, 2.45) is 11.7 Å². The van der Waals surface area contributed by atoms with Crippen LogP contribution >= 0.6 is 0 Å². The maximum atomic E-state index is 5.83. The number of nitrogens with one attached hydrogen (secondary N) is 1. The van der Waals surface area contributed by atoms with E-state index in [9.17, 15) is 0 Å². The summed E-state index contributed by atoms with van der Waals surface area (Å²) in [5.41, 5.74) is 10.1. The van der Waals surface area contributed by atoms with Crippen molar-refractivity contribution in [3.63, 3.8) is 0 Å². The molecule has 1 atom stereocenters. The zero-order valence-corrected chi connectivity index (χ0v) is 13.4. The summed E-state index contributed by atoms with van der Waals surface area (Å²) in [6.45, 7) is 15.0. The summed E-state index contributed by atoms with van der Waals surface area (Å²) in [5.74, 6) is 0.569. The lowest BCUT2D eigenvalue weighted by Gasteiger charge is -2.31. The van der Waals surface area contributed by atoms with Crippen molar-refractivity contribution in [3.05, 3.63) is 34.9 Å². The fourth-order valence-corrected chi connectivity index (χ4v) is 2.65. The molecule has 0 saturated carbocycles. The van der Waals surface area contributed by atoms with Gasteiger partial charge >= 0.3 is 0 Å². The van der Waals surface area contributed by atoms with Crippen LogP contribution in [0.25, 0.3) is 0 Å². The summed E-state index contributed by atoms with van der Waals surface area (Å²) in [6, 6.07) is 7.12. The third-order valence-corrected chi connectivity index (χ3v) is 3.98.